The van der Waals surface area contributed by atoms with Crippen molar-refractivity contribution >= 4 is 8.38 Å². The van der Waals surface area contributed by atoms with Crippen LogP contribution >= 0.6 is 8.38 Å². The Morgan fingerprint density at radius 2 is 1.67 bits per heavy atom. The third-order valence-corrected chi connectivity index (χ3v) is 3.64. The van der Waals surface area contributed by atoms with Crippen molar-refractivity contribution in [3.63, 3.8) is 0 Å². The van der Waals surface area contributed by atoms with Crippen LogP contribution in [0, 0.1) is 5.41 Å². The Labute approximate surface area is 74.3 Å². The van der Waals surface area contributed by atoms with Gasteiger partial charge in [-0.2, -0.15) is 0 Å². The molecule has 0 N–H and O–H groups in total. The minimum Gasteiger partial charge on any atom is -0.381 e. The minimum absolute atomic E-state index is 0.285. The third kappa shape index (κ3) is 1.80. The summed E-state index contributed by atoms with van der Waals surface area (Å²) >= 11 is 0. The molecule has 2 aliphatic rings. The maximum Gasteiger partial charge on any atom is 0.167 e. The molecule has 0 unspecified atom stereocenters. The summed E-state index contributed by atoms with van der Waals surface area (Å²) in [6, 6.07) is 0. The molecule has 12 heavy (non-hydrogen) atoms. The summed E-state index contributed by atoms with van der Waals surface area (Å²) < 4.78 is 16.4. The van der Waals surface area contributed by atoms with Crippen molar-refractivity contribution in [2.45, 2.75) is 12.8 Å². The summed E-state index contributed by atoms with van der Waals surface area (Å²) in [7, 11) is -0.583. The monoisotopic (exact) mass is 190 g/mol. The molecule has 0 aliphatic carbocycles. The molecular weight excluding hydrogens is 175 g/mol. The second-order valence-electron chi connectivity index (χ2n) is 3.60. The van der Waals surface area contributed by atoms with Gasteiger partial charge in [-0.1, -0.05) is 0 Å². The van der Waals surface area contributed by atoms with E-state index in [9.17, 15) is 0 Å². The van der Waals surface area contributed by atoms with Gasteiger partial charge in [-0.25, -0.2) is 0 Å². The topological polar surface area (TPSA) is 27.7 Å². The van der Waals surface area contributed by atoms with Crippen LogP contribution in [0.25, 0.3) is 0 Å². The number of rotatable bonds is 0. The highest BCUT2D eigenvalue weighted by molar-refractivity contribution is 7.46. The molecule has 0 aromatic carbocycles. The van der Waals surface area contributed by atoms with E-state index >= 15 is 0 Å². The van der Waals surface area contributed by atoms with Crippen LogP contribution in [0.2, 0.25) is 0 Å². The highest BCUT2D eigenvalue weighted by atomic mass is 31.2. The van der Waals surface area contributed by atoms with Gasteiger partial charge in [0.2, 0.25) is 0 Å². The van der Waals surface area contributed by atoms with E-state index in [0.717, 1.165) is 39.3 Å². The van der Waals surface area contributed by atoms with Gasteiger partial charge in [-0.05, 0) is 12.8 Å². The van der Waals surface area contributed by atoms with Gasteiger partial charge in [0, 0.05) is 25.3 Å². The second kappa shape index (κ2) is 3.59. The molecule has 2 heterocycles. The van der Waals surface area contributed by atoms with Crippen molar-refractivity contribution in [1.29, 1.82) is 0 Å². The van der Waals surface area contributed by atoms with Crippen LogP contribution in [-0.4, -0.2) is 33.1 Å². The fourth-order valence-electron chi connectivity index (χ4n) is 1.63. The van der Waals surface area contributed by atoms with Crippen molar-refractivity contribution in [3.05, 3.63) is 0 Å². The van der Waals surface area contributed by atoms with E-state index in [1.807, 2.05) is 6.66 Å². The van der Waals surface area contributed by atoms with E-state index in [1.165, 1.54) is 0 Å². The van der Waals surface area contributed by atoms with E-state index in [4.69, 9.17) is 13.8 Å². The average molecular weight is 190 g/mol. The molecular formula is C8H15O3P. The summed E-state index contributed by atoms with van der Waals surface area (Å²) in [5.74, 6) is 0. The lowest BCUT2D eigenvalue weighted by Gasteiger charge is -2.40. The molecule has 3 nitrogen and oxygen atoms in total. The van der Waals surface area contributed by atoms with E-state index in [1.54, 1.807) is 0 Å². The summed E-state index contributed by atoms with van der Waals surface area (Å²) in [6.45, 7) is 5.50. The van der Waals surface area contributed by atoms with Crippen molar-refractivity contribution in [1.82, 2.24) is 0 Å². The lowest BCUT2D eigenvalue weighted by Crippen LogP contribution is -2.39. The summed E-state index contributed by atoms with van der Waals surface area (Å²) in [4.78, 5) is 0. The predicted octanol–water partition coefficient (Wildman–Crippen LogP) is 1.77. The highest BCUT2D eigenvalue weighted by Crippen LogP contribution is 2.46. The molecule has 2 saturated heterocycles. The predicted molar refractivity (Wildman–Crippen MR) is 47.2 cm³/mol. The van der Waals surface area contributed by atoms with Gasteiger partial charge in [0.25, 0.3) is 0 Å². The molecule has 4 heteroatoms. The van der Waals surface area contributed by atoms with Crippen molar-refractivity contribution < 1.29 is 13.8 Å². The minimum atomic E-state index is -0.583. The molecule has 0 atom stereocenters. The molecule has 2 aliphatic heterocycles. The lowest BCUT2D eigenvalue weighted by molar-refractivity contribution is -0.0528. The van der Waals surface area contributed by atoms with E-state index < -0.39 is 8.38 Å². The van der Waals surface area contributed by atoms with Crippen molar-refractivity contribution in [2.75, 3.05) is 33.1 Å². The zero-order valence-electron chi connectivity index (χ0n) is 7.41. The quantitative estimate of drug-likeness (QED) is 0.545. The van der Waals surface area contributed by atoms with Gasteiger partial charge in [0.05, 0.1) is 13.2 Å². The Balaban J connectivity index is 1.92. The Bertz CT molecular complexity index is 146. The summed E-state index contributed by atoms with van der Waals surface area (Å²) in [5, 5.41) is 0. The first-order valence-corrected chi connectivity index (χ1v) is 6.01. The molecule has 0 radical (unpaired) electrons. The molecule has 0 bridgehead atoms. The first kappa shape index (κ1) is 8.89. The van der Waals surface area contributed by atoms with Crippen LogP contribution in [0.4, 0.5) is 0 Å². The summed E-state index contributed by atoms with van der Waals surface area (Å²) in [5.41, 5.74) is 0.285. The fraction of sp³-hybridized carbons (Fsp3) is 1.00. The molecule has 0 saturated carbocycles. The first-order valence-electron chi connectivity index (χ1n) is 4.38. The number of hydrogen-bond donors (Lipinski definition) is 0. The summed E-state index contributed by atoms with van der Waals surface area (Å²) in [6.07, 6.45) is 2.19. The van der Waals surface area contributed by atoms with Crippen LogP contribution < -0.4 is 0 Å². The van der Waals surface area contributed by atoms with Crippen LogP contribution in [0.1, 0.15) is 12.8 Å². The maximum absolute atomic E-state index is 5.56. The Morgan fingerprint density at radius 3 is 2.25 bits per heavy atom. The first-order chi connectivity index (χ1) is 5.81. The van der Waals surface area contributed by atoms with Gasteiger partial charge < -0.3 is 13.8 Å². The molecule has 0 aromatic heterocycles. The van der Waals surface area contributed by atoms with E-state index in [-0.39, 0.29) is 5.41 Å². The molecule has 2 fully saturated rings. The second-order valence-corrected chi connectivity index (χ2v) is 4.99. The van der Waals surface area contributed by atoms with Crippen molar-refractivity contribution in [3.8, 4) is 0 Å². The maximum atomic E-state index is 5.56. The zero-order valence-corrected chi connectivity index (χ0v) is 8.31. The van der Waals surface area contributed by atoms with Crippen LogP contribution in [0.3, 0.4) is 0 Å². The Hall–Kier alpha value is 0.310. The van der Waals surface area contributed by atoms with Crippen LogP contribution in [0.5, 0.6) is 0 Å². The van der Waals surface area contributed by atoms with Gasteiger partial charge in [-0.3, -0.25) is 0 Å². The van der Waals surface area contributed by atoms with E-state index in [0.29, 0.717) is 0 Å². The molecule has 0 aromatic rings. The Morgan fingerprint density at radius 1 is 1.08 bits per heavy atom. The lowest BCUT2D eigenvalue weighted by atomic mass is 9.82. The third-order valence-electron chi connectivity index (χ3n) is 2.66. The molecule has 2 rings (SSSR count). The van der Waals surface area contributed by atoms with Crippen LogP contribution in [0.15, 0.2) is 0 Å². The van der Waals surface area contributed by atoms with Crippen LogP contribution in [-0.2, 0) is 13.8 Å². The normalized spacial score (nSPS) is 30.8. The Kier molecular flexibility index (Phi) is 2.66. The standard InChI is InChI=1S/C8H15O3P/c1-12-10-6-8(7-11-12)2-4-9-5-3-8/h2-7H2,1H3. The molecule has 1 spiro atoms. The average Bonchev–Trinajstić information content (AvgIpc) is 2.13. The smallest absolute Gasteiger partial charge is 0.167 e. The SMILES string of the molecule is CP1OCC2(CCOCC2)CO1. The molecule has 70 valence electrons. The number of ether oxygens (including phenoxy) is 1. The van der Waals surface area contributed by atoms with Crippen molar-refractivity contribution in [2.24, 2.45) is 5.41 Å². The zero-order chi connectivity index (χ0) is 8.44. The van der Waals surface area contributed by atoms with E-state index in [2.05, 4.69) is 0 Å². The van der Waals surface area contributed by atoms with Gasteiger partial charge in [0.1, 0.15) is 0 Å². The van der Waals surface area contributed by atoms with Gasteiger partial charge in [0.15, 0.2) is 8.38 Å². The highest BCUT2D eigenvalue weighted by Gasteiger charge is 2.37. The van der Waals surface area contributed by atoms with Gasteiger partial charge >= 0.3 is 0 Å². The molecule has 0 amide bonds. The van der Waals surface area contributed by atoms with Gasteiger partial charge in [-0.15, -0.1) is 0 Å². The number of hydrogen-bond acceptors (Lipinski definition) is 3. The fourth-order valence-corrected chi connectivity index (χ4v) is 2.61. The largest absolute Gasteiger partial charge is 0.381 e.